The van der Waals surface area contributed by atoms with Gasteiger partial charge in [0.15, 0.2) is 0 Å². The molecule has 132 valence electrons. The highest BCUT2D eigenvalue weighted by Gasteiger charge is 2.15. The minimum Gasteiger partial charge on any atom is -0.323 e. The normalized spacial score (nSPS) is 10.4. The summed E-state index contributed by atoms with van der Waals surface area (Å²) in [5.41, 5.74) is 2.35. The Morgan fingerprint density at radius 1 is 1.04 bits per heavy atom. The van der Waals surface area contributed by atoms with E-state index in [1.54, 1.807) is 23.1 Å². The highest BCUT2D eigenvalue weighted by atomic mass is 35.5. The van der Waals surface area contributed by atoms with Gasteiger partial charge < -0.3 is 10.2 Å². The molecule has 0 heterocycles. The molecule has 6 heteroatoms. The van der Waals surface area contributed by atoms with E-state index in [0.29, 0.717) is 15.7 Å². The topological polar surface area (TPSA) is 49.4 Å². The van der Waals surface area contributed by atoms with Gasteiger partial charge in [-0.25, -0.2) is 0 Å². The fourth-order valence-corrected chi connectivity index (χ4v) is 2.90. The molecule has 25 heavy (non-hydrogen) atoms. The molecule has 0 aromatic heterocycles. The van der Waals surface area contributed by atoms with Crippen LogP contribution in [-0.4, -0.2) is 18.4 Å². The third kappa shape index (κ3) is 5.21. The van der Waals surface area contributed by atoms with E-state index in [-0.39, 0.29) is 24.8 Å². The van der Waals surface area contributed by atoms with Gasteiger partial charge in [-0.15, -0.1) is 0 Å². The minimum atomic E-state index is -0.258. The molecule has 0 bridgehead atoms. The lowest BCUT2D eigenvalue weighted by Crippen LogP contribution is -2.32. The predicted molar refractivity (Wildman–Crippen MR) is 104 cm³/mol. The van der Waals surface area contributed by atoms with Gasteiger partial charge in [0.1, 0.15) is 0 Å². The van der Waals surface area contributed by atoms with Gasteiger partial charge >= 0.3 is 0 Å². The van der Waals surface area contributed by atoms with Crippen LogP contribution in [0.2, 0.25) is 10.0 Å². The second-order valence-corrected chi connectivity index (χ2v) is 6.40. The molecule has 0 fully saturated rings. The standard InChI is InChI=1S/C19H20Cl2N2O2/c1-3-14-7-9-15(10-8-14)23(13(2)24)12-11-18(25)22-19-16(20)5-4-6-17(19)21/h4-10H,3,11-12H2,1-2H3,(H,22,25). The molecule has 0 aliphatic heterocycles. The van der Waals surface area contributed by atoms with Crippen molar-refractivity contribution in [3.05, 3.63) is 58.1 Å². The van der Waals surface area contributed by atoms with Crippen LogP contribution >= 0.6 is 23.2 Å². The molecule has 0 saturated carbocycles. The molecular formula is C19H20Cl2N2O2. The maximum absolute atomic E-state index is 12.2. The summed E-state index contributed by atoms with van der Waals surface area (Å²) in [5.74, 6) is -0.376. The molecule has 2 aromatic carbocycles. The number of anilines is 2. The first-order valence-corrected chi connectivity index (χ1v) is 8.79. The molecule has 0 radical (unpaired) electrons. The van der Waals surface area contributed by atoms with E-state index in [9.17, 15) is 9.59 Å². The smallest absolute Gasteiger partial charge is 0.226 e. The zero-order valence-electron chi connectivity index (χ0n) is 14.2. The average Bonchev–Trinajstić information content (AvgIpc) is 2.59. The van der Waals surface area contributed by atoms with E-state index in [2.05, 4.69) is 12.2 Å². The number of carbonyl (C=O) groups is 2. The van der Waals surface area contributed by atoms with Gasteiger partial charge in [0.05, 0.1) is 15.7 Å². The summed E-state index contributed by atoms with van der Waals surface area (Å²) < 4.78 is 0. The number of carbonyl (C=O) groups excluding carboxylic acids is 2. The van der Waals surface area contributed by atoms with E-state index in [1.165, 1.54) is 12.5 Å². The van der Waals surface area contributed by atoms with Crippen LogP contribution in [-0.2, 0) is 16.0 Å². The van der Waals surface area contributed by atoms with Gasteiger partial charge in [-0.3, -0.25) is 9.59 Å². The highest BCUT2D eigenvalue weighted by molar-refractivity contribution is 6.39. The van der Waals surface area contributed by atoms with Crippen LogP contribution in [0.1, 0.15) is 25.8 Å². The monoisotopic (exact) mass is 378 g/mol. The Bertz CT molecular complexity index is 740. The number of nitrogens with one attached hydrogen (secondary N) is 1. The first-order chi connectivity index (χ1) is 11.9. The largest absolute Gasteiger partial charge is 0.323 e. The molecule has 0 unspecified atom stereocenters. The Kier molecular flexibility index (Phi) is 6.85. The third-order valence-corrected chi connectivity index (χ3v) is 4.46. The Labute approximate surface area is 157 Å². The lowest BCUT2D eigenvalue weighted by Gasteiger charge is -2.21. The summed E-state index contributed by atoms with van der Waals surface area (Å²) in [6.07, 6.45) is 1.07. The van der Waals surface area contributed by atoms with Gasteiger partial charge in [0.2, 0.25) is 11.8 Å². The van der Waals surface area contributed by atoms with Crippen molar-refractivity contribution < 1.29 is 9.59 Å². The van der Waals surface area contributed by atoms with Crippen LogP contribution in [0.25, 0.3) is 0 Å². The molecule has 0 atom stereocenters. The molecule has 0 aliphatic rings. The molecule has 0 aliphatic carbocycles. The quantitative estimate of drug-likeness (QED) is 0.773. The average molecular weight is 379 g/mol. The van der Waals surface area contributed by atoms with E-state index in [0.717, 1.165) is 12.1 Å². The summed E-state index contributed by atoms with van der Waals surface area (Å²) in [7, 11) is 0. The van der Waals surface area contributed by atoms with Crippen LogP contribution in [0.15, 0.2) is 42.5 Å². The van der Waals surface area contributed by atoms with Crippen molar-refractivity contribution in [2.75, 3.05) is 16.8 Å². The van der Waals surface area contributed by atoms with Crippen LogP contribution in [0.4, 0.5) is 11.4 Å². The van der Waals surface area contributed by atoms with Gasteiger partial charge in [-0.1, -0.05) is 48.3 Å². The fourth-order valence-electron chi connectivity index (χ4n) is 2.41. The Morgan fingerprint density at radius 2 is 1.64 bits per heavy atom. The Hall–Kier alpha value is -2.04. The lowest BCUT2D eigenvalue weighted by atomic mass is 10.1. The minimum absolute atomic E-state index is 0.118. The first kappa shape index (κ1) is 19.3. The molecule has 4 nitrogen and oxygen atoms in total. The zero-order valence-corrected chi connectivity index (χ0v) is 15.7. The number of benzene rings is 2. The SMILES string of the molecule is CCc1ccc(N(CCC(=O)Nc2c(Cl)cccc2Cl)C(C)=O)cc1. The number of rotatable bonds is 6. The van der Waals surface area contributed by atoms with E-state index in [4.69, 9.17) is 23.2 Å². The van der Waals surface area contributed by atoms with Gasteiger partial charge in [0.25, 0.3) is 0 Å². The van der Waals surface area contributed by atoms with Crippen LogP contribution in [0.3, 0.4) is 0 Å². The maximum atomic E-state index is 12.2. The Morgan fingerprint density at radius 3 is 2.16 bits per heavy atom. The van der Waals surface area contributed by atoms with Crippen LogP contribution < -0.4 is 10.2 Å². The van der Waals surface area contributed by atoms with Gasteiger partial charge in [-0.2, -0.15) is 0 Å². The molecular weight excluding hydrogens is 359 g/mol. The van der Waals surface area contributed by atoms with Crippen molar-refractivity contribution in [3.8, 4) is 0 Å². The maximum Gasteiger partial charge on any atom is 0.226 e. The molecule has 2 aromatic rings. The first-order valence-electron chi connectivity index (χ1n) is 8.03. The van der Waals surface area contributed by atoms with Crippen molar-refractivity contribution in [2.45, 2.75) is 26.7 Å². The summed E-state index contributed by atoms with van der Waals surface area (Å²) in [6.45, 7) is 3.83. The van der Waals surface area contributed by atoms with Gasteiger partial charge in [0, 0.05) is 25.6 Å². The molecule has 0 saturated heterocycles. The van der Waals surface area contributed by atoms with Crippen molar-refractivity contribution in [1.29, 1.82) is 0 Å². The molecule has 2 amide bonds. The summed E-state index contributed by atoms with van der Waals surface area (Å²) in [6, 6.07) is 12.8. The number of para-hydroxylation sites is 1. The van der Waals surface area contributed by atoms with Crippen LogP contribution in [0, 0.1) is 0 Å². The fraction of sp³-hybridized carbons (Fsp3) is 0.263. The number of hydrogen-bond donors (Lipinski definition) is 1. The van der Waals surface area contributed by atoms with Gasteiger partial charge in [-0.05, 0) is 36.2 Å². The Balaban J connectivity index is 2.03. The van der Waals surface area contributed by atoms with E-state index < -0.39 is 0 Å². The third-order valence-electron chi connectivity index (χ3n) is 3.83. The van der Waals surface area contributed by atoms with Crippen molar-refractivity contribution in [1.82, 2.24) is 0 Å². The number of aryl methyl sites for hydroxylation is 1. The second kappa shape index (κ2) is 8.88. The number of nitrogens with zero attached hydrogens (tertiary/aromatic N) is 1. The van der Waals surface area contributed by atoms with E-state index >= 15 is 0 Å². The number of amides is 2. The summed E-state index contributed by atoms with van der Waals surface area (Å²) in [4.78, 5) is 25.7. The second-order valence-electron chi connectivity index (χ2n) is 5.59. The summed E-state index contributed by atoms with van der Waals surface area (Å²) in [5, 5.41) is 3.45. The van der Waals surface area contributed by atoms with Crippen molar-refractivity contribution in [2.24, 2.45) is 0 Å². The predicted octanol–water partition coefficient (Wildman–Crippen LogP) is 4.94. The zero-order chi connectivity index (χ0) is 18.4. The lowest BCUT2D eigenvalue weighted by molar-refractivity contribution is -0.117. The van der Waals surface area contributed by atoms with Crippen LogP contribution in [0.5, 0.6) is 0 Å². The summed E-state index contributed by atoms with van der Waals surface area (Å²) >= 11 is 12.1. The van der Waals surface area contributed by atoms with Crippen molar-refractivity contribution in [3.63, 3.8) is 0 Å². The number of hydrogen-bond acceptors (Lipinski definition) is 2. The molecule has 0 spiro atoms. The molecule has 2 rings (SSSR count). The highest BCUT2D eigenvalue weighted by Crippen LogP contribution is 2.29. The number of halogens is 2. The van der Waals surface area contributed by atoms with Crippen molar-refractivity contribution >= 4 is 46.4 Å². The molecule has 1 N–H and O–H groups in total. The van der Waals surface area contributed by atoms with E-state index in [1.807, 2.05) is 24.3 Å².